The van der Waals surface area contributed by atoms with Gasteiger partial charge in [-0.05, 0) is 18.4 Å². The summed E-state index contributed by atoms with van der Waals surface area (Å²) < 4.78 is 0. The van der Waals surface area contributed by atoms with Gasteiger partial charge >= 0.3 is 0 Å². The van der Waals surface area contributed by atoms with Crippen LogP contribution in [0.25, 0.3) is 0 Å². The van der Waals surface area contributed by atoms with Gasteiger partial charge in [-0.25, -0.2) is 0 Å². The number of rotatable bonds is 2. The van der Waals surface area contributed by atoms with Crippen LogP contribution < -0.4 is 5.32 Å². The van der Waals surface area contributed by atoms with Crippen LogP contribution in [0.15, 0.2) is 30.3 Å². The lowest BCUT2D eigenvalue weighted by molar-refractivity contribution is -0.150. The molecule has 0 radical (unpaired) electrons. The molecule has 88 valence electrons. The first-order valence-electron chi connectivity index (χ1n) is 5.91. The zero-order chi connectivity index (χ0) is 11.8. The van der Waals surface area contributed by atoms with E-state index in [0.717, 1.165) is 18.4 Å². The number of amides is 2. The van der Waals surface area contributed by atoms with E-state index >= 15 is 0 Å². The molecule has 0 saturated carbocycles. The molecule has 2 amide bonds. The third-order valence-corrected chi connectivity index (χ3v) is 3.46. The third-order valence-electron chi connectivity index (χ3n) is 3.46. The maximum atomic E-state index is 12.0. The van der Waals surface area contributed by atoms with Crippen molar-refractivity contribution in [3.63, 3.8) is 0 Å². The number of benzene rings is 1. The number of likely N-dealkylation sites (tertiary alicyclic amines) is 1. The minimum atomic E-state index is -0.151. The second kappa shape index (κ2) is 3.96. The minimum absolute atomic E-state index is 0.0763. The summed E-state index contributed by atoms with van der Waals surface area (Å²) in [6.07, 6.45) is 1.56. The van der Waals surface area contributed by atoms with Crippen molar-refractivity contribution in [3.05, 3.63) is 35.9 Å². The van der Waals surface area contributed by atoms with Gasteiger partial charge in [0, 0.05) is 0 Å². The molecule has 2 aliphatic rings. The van der Waals surface area contributed by atoms with Gasteiger partial charge in [0.2, 0.25) is 11.8 Å². The molecule has 1 N–H and O–H groups in total. The van der Waals surface area contributed by atoms with Gasteiger partial charge in [0.1, 0.15) is 0 Å². The van der Waals surface area contributed by atoms with E-state index in [0.29, 0.717) is 6.54 Å². The Balaban J connectivity index is 1.83. The number of fused-ring (bicyclic) bond motifs is 2. The second-order valence-electron chi connectivity index (χ2n) is 4.60. The normalized spacial score (nSPS) is 27.6. The summed E-state index contributed by atoms with van der Waals surface area (Å²) in [6, 6.07) is 9.33. The number of carbonyl (C=O) groups excluding carboxylic acids is 2. The summed E-state index contributed by atoms with van der Waals surface area (Å²) in [7, 11) is 0. The fourth-order valence-corrected chi connectivity index (χ4v) is 2.54. The maximum absolute atomic E-state index is 12.0. The lowest BCUT2D eigenvalue weighted by Crippen LogP contribution is -2.58. The Labute approximate surface area is 99.6 Å². The standard InChI is InChI=1S/C13H14N2O2/c16-12-10-6-7-11(14-10)13(17)15(12)8-9-4-2-1-3-5-9/h1-5,10-11,14H,6-8H2. The van der Waals surface area contributed by atoms with E-state index in [1.54, 1.807) is 0 Å². The van der Waals surface area contributed by atoms with Crippen LogP contribution in [-0.4, -0.2) is 28.8 Å². The molecule has 0 spiro atoms. The number of imide groups is 1. The van der Waals surface area contributed by atoms with Gasteiger partial charge in [0.15, 0.2) is 0 Å². The highest BCUT2D eigenvalue weighted by atomic mass is 16.2. The zero-order valence-electron chi connectivity index (χ0n) is 9.43. The lowest BCUT2D eigenvalue weighted by atomic mass is 10.1. The molecule has 2 heterocycles. The fraction of sp³-hybridized carbons (Fsp3) is 0.385. The summed E-state index contributed by atoms with van der Waals surface area (Å²) in [4.78, 5) is 25.5. The Morgan fingerprint density at radius 2 is 1.65 bits per heavy atom. The average molecular weight is 230 g/mol. The molecular weight excluding hydrogens is 216 g/mol. The quantitative estimate of drug-likeness (QED) is 0.760. The molecule has 2 saturated heterocycles. The Morgan fingerprint density at radius 3 is 2.24 bits per heavy atom. The second-order valence-corrected chi connectivity index (χ2v) is 4.60. The van der Waals surface area contributed by atoms with Crippen molar-refractivity contribution in [1.82, 2.24) is 10.2 Å². The number of nitrogens with one attached hydrogen (secondary N) is 1. The van der Waals surface area contributed by atoms with Gasteiger partial charge in [-0.3, -0.25) is 19.8 Å². The number of piperazine rings is 1. The van der Waals surface area contributed by atoms with E-state index < -0.39 is 0 Å². The molecule has 2 unspecified atom stereocenters. The Hall–Kier alpha value is -1.68. The summed E-state index contributed by atoms with van der Waals surface area (Å²) >= 11 is 0. The fourth-order valence-electron chi connectivity index (χ4n) is 2.54. The molecule has 3 rings (SSSR count). The highest BCUT2D eigenvalue weighted by Crippen LogP contribution is 2.23. The maximum Gasteiger partial charge on any atom is 0.246 e. The van der Waals surface area contributed by atoms with E-state index in [1.165, 1.54) is 4.90 Å². The van der Waals surface area contributed by atoms with Crippen LogP contribution in [0.3, 0.4) is 0 Å². The van der Waals surface area contributed by atoms with Gasteiger partial charge in [-0.15, -0.1) is 0 Å². The van der Waals surface area contributed by atoms with Crippen molar-refractivity contribution in [3.8, 4) is 0 Å². The number of hydrogen-bond donors (Lipinski definition) is 1. The van der Waals surface area contributed by atoms with E-state index in [-0.39, 0.29) is 23.9 Å². The average Bonchev–Trinajstić information content (AvgIpc) is 2.81. The third kappa shape index (κ3) is 1.74. The molecule has 0 aliphatic carbocycles. The first kappa shape index (κ1) is 10.5. The van der Waals surface area contributed by atoms with Crippen molar-refractivity contribution >= 4 is 11.8 Å². The van der Waals surface area contributed by atoms with Crippen LogP contribution in [0.5, 0.6) is 0 Å². The van der Waals surface area contributed by atoms with Crippen LogP contribution in [0, 0.1) is 0 Å². The Kier molecular flexibility index (Phi) is 2.44. The van der Waals surface area contributed by atoms with E-state index in [1.807, 2.05) is 30.3 Å². The summed E-state index contributed by atoms with van der Waals surface area (Å²) in [5, 5.41) is 3.06. The van der Waals surface area contributed by atoms with E-state index in [4.69, 9.17) is 0 Å². The van der Waals surface area contributed by atoms with Crippen molar-refractivity contribution in [2.45, 2.75) is 31.5 Å². The minimum Gasteiger partial charge on any atom is -0.295 e. The van der Waals surface area contributed by atoms with E-state index in [2.05, 4.69) is 5.32 Å². The number of hydrogen-bond acceptors (Lipinski definition) is 3. The Bertz CT molecular complexity index is 436. The number of carbonyl (C=O) groups is 2. The van der Waals surface area contributed by atoms with Gasteiger partial charge < -0.3 is 0 Å². The molecule has 4 nitrogen and oxygen atoms in total. The monoisotopic (exact) mass is 230 g/mol. The molecule has 1 aromatic carbocycles. The highest BCUT2D eigenvalue weighted by molar-refractivity contribution is 6.03. The van der Waals surface area contributed by atoms with Crippen LogP contribution in [0.2, 0.25) is 0 Å². The smallest absolute Gasteiger partial charge is 0.246 e. The summed E-state index contributed by atoms with van der Waals surface area (Å²) in [6.45, 7) is 0.396. The molecule has 0 aromatic heterocycles. The molecule has 2 aliphatic heterocycles. The van der Waals surface area contributed by atoms with Crippen molar-refractivity contribution in [2.75, 3.05) is 0 Å². The lowest BCUT2D eigenvalue weighted by Gasteiger charge is -2.30. The van der Waals surface area contributed by atoms with Crippen molar-refractivity contribution in [1.29, 1.82) is 0 Å². The Morgan fingerprint density at radius 1 is 1.06 bits per heavy atom. The van der Waals surface area contributed by atoms with Crippen LogP contribution in [-0.2, 0) is 16.1 Å². The van der Waals surface area contributed by atoms with Crippen LogP contribution in [0.4, 0.5) is 0 Å². The number of nitrogens with zero attached hydrogens (tertiary/aromatic N) is 1. The molecule has 2 bridgehead atoms. The van der Waals surface area contributed by atoms with Gasteiger partial charge in [-0.2, -0.15) is 0 Å². The largest absolute Gasteiger partial charge is 0.295 e. The first-order valence-corrected chi connectivity index (χ1v) is 5.91. The van der Waals surface area contributed by atoms with Gasteiger partial charge in [0.05, 0.1) is 18.6 Å². The molecular formula is C13H14N2O2. The molecule has 2 atom stereocenters. The summed E-state index contributed by atoms with van der Waals surface area (Å²) in [5.41, 5.74) is 0.996. The predicted molar refractivity (Wildman–Crippen MR) is 61.9 cm³/mol. The van der Waals surface area contributed by atoms with Crippen molar-refractivity contribution in [2.24, 2.45) is 0 Å². The molecule has 2 fully saturated rings. The summed E-state index contributed by atoms with van der Waals surface area (Å²) in [5.74, 6) is -0.153. The SMILES string of the molecule is O=C1C2CCC(N2)C(=O)N1Cc1ccccc1. The van der Waals surface area contributed by atoms with Crippen molar-refractivity contribution < 1.29 is 9.59 Å². The topological polar surface area (TPSA) is 49.4 Å². The van der Waals surface area contributed by atoms with Gasteiger partial charge in [0.25, 0.3) is 0 Å². The molecule has 1 aromatic rings. The highest BCUT2D eigenvalue weighted by Gasteiger charge is 2.44. The van der Waals surface area contributed by atoms with Crippen LogP contribution in [0.1, 0.15) is 18.4 Å². The van der Waals surface area contributed by atoms with E-state index in [9.17, 15) is 9.59 Å². The molecule has 4 heteroatoms. The predicted octanol–water partition coefficient (Wildman–Crippen LogP) is 0.676. The van der Waals surface area contributed by atoms with Gasteiger partial charge in [-0.1, -0.05) is 30.3 Å². The first-order chi connectivity index (χ1) is 8.25. The zero-order valence-corrected chi connectivity index (χ0v) is 9.43. The molecule has 17 heavy (non-hydrogen) atoms. The van der Waals surface area contributed by atoms with Crippen LogP contribution >= 0.6 is 0 Å².